The first-order valence-corrected chi connectivity index (χ1v) is 6.95. The van der Waals surface area contributed by atoms with Crippen LogP contribution < -0.4 is 0 Å². The third kappa shape index (κ3) is 2.59. The molecule has 0 spiro atoms. The molecule has 0 aromatic carbocycles. The number of hydrogen-bond acceptors (Lipinski definition) is 4. The highest BCUT2D eigenvalue weighted by Gasteiger charge is 2.21. The van der Waals surface area contributed by atoms with Crippen LogP contribution in [0.1, 0.15) is 37.0 Å². The Kier molecular flexibility index (Phi) is 3.49. The van der Waals surface area contributed by atoms with Gasteiger partial charge >= 0.3 is 0 Å². The van der Waals surface area contributed by atoms with Crippen molar-refractivity contribution < 1.29 is 0 Å². The molecule has 96 valence electrons. The van der Waals surface area contributed by atoms with Gasteiger partial charge in [-0.15, -0.1) is 11.3 Å². The Balaban J connectivity index is 2.41. The van der Waals surface area contributed by atoms with Crippen LogP contribution in [-0.2, 0) is 5.41 Å². The van der Waals surface area contributed by atoms with Gasteiger partial charge in [0.05, 0.1) is 11.1 Å². The normalized spacial score (nSPS) is 12.4. The van der Waals surface area contributed by atoms with Crippen LogP contribution in [0.5, 0.6) is 0 Å². The summed E-state index contributed by atoms with van der Waals surface area (Å²) in [5, 5.41) is 13.5. The first-order valence-electron chi connectivity index (χ1n) is 5.66. The lowest BCUT2D eigenvalue weighted by atomic mass is 9.96. The van der Waals surface area contributed by atoms with E-state index in [9.17, 15) is 0 Å². The predicted molar refractivity (Wildman–Crippen MR) is 78.2 cm³/mol. The molecule has 6 heteroatoms. The summed E-state index contributed by atoms with van der Waals surface area (Å²) >= 11 is 6.87. The number of aryl methyl sites for hydroxylation is 1. The summed E-state index contributed by atoms with van der Waals surface area (Å²) < 4.78 is 2.21. The summed E-state index contributed by atoms with van der Waals surface area (Å²) in [6.07, 6.45) is 1.83. The zero-order valence-electron chi connectivity index (χ0n) is 10.9. The third-order valence-electron chi connectivity index (χ3n) is 2.51. The first-order chi connectivity index (χ1) is 8.39. The maximum Gasteiger partial charge on any atom is 0.216 e. The maximum atomic E-state index is 5.20. The Bertz CT molecular complexity index is 625. The largest absolute Gasteiger partial charge is 0.250 e. The zero-order chi connectivity index (χ0) is 13.3. The Hall–Kier alpha value is -1.27. The summed E-state index contributed by atoms with van der Waals surface area (Å²) in [6, 6.07) is 2.07. The first kappa shape index (κ1) is 13.2. The van der Waals surface area contributed by atoms with E-state index in [0.29, 0.717) is 4.77 Å². The topological polar surface area (TPSA) is 46.0 Å². The molecule has 1 N–H and O–H groups in total. The highest BCUT2D eigenvalue weighted by Crippen LogP contribution is 2.20. The summed E-state index contributed by atoms with van der Waals surface area (Å²) in [4.78, 5) is 1.14. The molecule has 2 rings (SSSR count). The van der Waals surface area contributed by atoms with Gasteiger partial charge in [0.25, 0.3) is 0 Å². The van der Waals surface area contributed by atoms with Crippen molar-refractivity contribution >= 4 is 29.8 Å². The van der Waals surface area contributed by atoms with Gasteiger partial charge in [-0.25, -0.2) is 0 Å². The van der Waals surface area contributed by atoms with E-state index in [1.165, 1.54) is 5.56 Å². The van der Waals surface area contributed by atoms with E-state index in [1.54, 1.807) is 16.0 Å². The molecular weight excluding hydrogens is 264 g/mol. The van der Waals surface area contributed by atoms with Crippen molar-refractivity contribution in [2.24, 2.45) is 5.10 Å². The molecule has 0 aliphatic heterocycles. The molecular formula is C12H16N4S2. The van der Waals surface area contributed by atoms with Crippen molar-refractivity contribution in [2.45, 2.75) is 33.1 Å². The molecule has 0 saturated heterocycles. The third-order valence-corrected chi connectivity index (χ3v) is 3.73. The van der Waals surface area contributed by atoms with Crippen molar-refractivity contribution in [1.29, 1.82) is 0 Å². The smallest absolute Gasteiger partial charge is 0.216 e. The van der Waals surface area contributed by atoms with Crippen LogP contribution in [0.4, 0.5) is 0 Å². The van der Waals surface area contributed by atoms with Gasteiger partial charge in [-0.3, -0.25) is 5.10 Å². The molecule has 2 aromatic rings. The van der Waals surface area contributed by atoms with Crippen LogP contribution in [0.3, 0.4) is 0 Å². The average molecular weight is 280 g/mol. The second-order valence-corrected chi connectivity index (χ2v) is 6.46. The minimum Gasteiger partial charge on any atom is -0.250 e. The molecule has 0 aliphatic carbocycles. The molecule has 0 amide bonds. The summed E-state index contributed by atoms with van der Waals surface area (Å²) in [5.41, 5.74) is 1.12. The molecule has 18 heavy (non-hydrogen) atoms. The fraction of sp³-hybridized carbons (Fsp3) is 0.417. The van der Waals surface area contributed by atoms with Gasteiger partial charge in [0.1, 0.15) is 0 Å². The van der Waals surface area contributed by atoms with Gasteiger partial charge in [0, 0.05) is 5.41 Å². The van der Waals surface area contributed by atoms with Gasteiger partial charge in [-0.05, 0) is 36.2 Å². The molecule has 2 aromatic heterocycles. The van der Waals surface area contributed by atoms with Crippen LogP contribution in [0.2, 0.25) is 0 Å². The molecule has 0 radical (unpaired) electrons. The number of nitrogens with one attached hydrogen (secondary N) is 1. The van der Waals surface area contributed by atoms with Gasteiger partial charge in [-0.1, -0.05) is 20.8 Å². The van der Waals surface area contributed by atoms with Crippen molar-refractivity contribution in [3.63, 3.8) is 0 Å². The maximum absolute atomic E-state index is 5.20. The van der Waals surface area contributed by atoms with E-state index >= 15 is 0 Å². The van der Waals surface area contributed by atoms with E-state index in [0.717, 1.165) is 10.7 Å². The van der Waals surface area contributed by atoms with E-state index in [-0.39, 0.29) is 5.41 Å². The Labute approximate surface area is 115 Å². The SMILES string of the molecule is Cc1ccsc1/C=N\n1c(C(C)(C)C)n[nH]c1=S. The summed E-state index contributed by atoms with van der Waals surface area (Å²) in [5.74, 6) is 0.831. The highest BCUT2D eigenvalue weighted by molar-refractivity contribution is 7.71. The molecule has 0 unspecified atom stereocenters. The summed E-state index contributed by atoms with van der Waals surface area (Å²) in [7, 11) is 0. The van der Waals surface area contributed by atoms with E-state index in [2.05, 4.69) is 54.4 Å². The van der Waals surface area contributed by atoms with Crippen molar-refractivity contribution in [3.05, 3.63) is 32.5 Å². The van der Waals surface area contributed by atoms with E-state index in [1.807, 2.05) is 6.21 Å². The highest BCUT2D eigenvalue weighted by atomic mass is 32.1. The fourth-order valence-electron chi connectivity index (χ4n) is 1.51. The lowest BCUT2D eigenvalue weighted by molar-refractivity contribution is 0.516. The van der Waals surface area contributed by atoms with Crippen LogP contribution in [0.15, 0.2) is 16.5 Å². The summed E-state index contributed by atoms with van der Waals surface area (Å²) in [6.45, 7) is 8.32. The number of thiophene rings is 1. The standard InChI is InChI=1S/C12H16N4S2/c1-8-5-6-18-9(8)7-13-16-10(12(2,3)4)14-15-11(16)17/h5-7H,1-4H3,(H,15,17)/b13-7-. The monoisotopic (exact) mass is 280 g/mol. The molecule has 4 nitrogen and oxygen atoms in total. The predicted octanol–water partition coefficient (Wildman–Crippen LogP) is 3.49. The van der Waals surface area contributed by atoms with Gasteiger partial charge in [0.2, 0.25) is 4.77 Å². The molecule has 0 fully saturated rings. The zero-order valence-corrected chi connectivity index (χ0v) is 12.5. The lowest BCUT2D eigenvalue weighted by Crippen LogP contribution is -2.17. The second kappa shape index (κ2) is 4.78. The molecule has 2 heterocycles. The Morgan fingerprint density at radius 2 is 2.22 bits per heavy atom. The van der Waals surface area contributed by atoms with Crippen LogP contribution >= 0.6 is 23.6 Å². The van der Waals surface area contributed by atoms with Crippen molar-refractivity contribution in [2.75, 3.05) is 0 Å². The van der Waals surface area contributed by atoms with E-state index in [4.69, 9.17) is 12.2 Å². The quantitative estimate of drug-likeness (QED) is 0.676. The van der Waals surface area contributed by atoms with E-state index < -0.39 is 0 Å². The van der Waals surface area contributed by atoms with Crippen LogP contribution in [0, 0.1) is 11.7 Å². The number of aromatic nitrogens is 3. The Morgan fingerprint density at radius 1 is 1.50 bits per heavy atom. The fourth-order valence-corrected chi connectivity index (χ4v) is 2.47. The van der Waals surface area contributed by atoms with Gasteiger partial charge in [-0.2, -0.15) is 14.9 Å². The number of nitrogens with zero attached hydrogens (tertiary/aromatic N) is 3. The average Bonchev–Trinajstić information content (AvgIpc) is 2.81. The second-order valence-electron chi connectivity index (χ2n) is 5.13. The van der Waals surface area contributed by atoms with Crippen molar-refractivity contribution in [3.8, 4) is 0 Å². The number of hydrogen-bond donors (Lipinski definition) is 1. The van der Waals surface area contributed by atoms with Gasteiger partial charge in [0.15, 0.2) is 5.82 Å². The molecule has 0 bridgehead atoms. The minimum absolute atomic E-state index is 0.102. The minimum atomic E-state index is -0.102. The Morgan fingerprint density at radius 3 is 2.78 bits per heavy atom. The molecule has 0 atom stereocenters. The molecule has 0 saturated carbocycles. The number of H-pyrrole nitrogens is 1. The molecule has 0 aliphatic rings. The van der Waals surface area contributed by atoms with Crippen molar-refractivity contribution in [1.82, 2.24) is 14.9 Å². The van der Waals surface area contributed by atoms with Gasteiger partial charge < -0.3 is 0 Å². The number of rotatable bonds is 2. The van der Waals surface area contributed by atoms with Crippen LogP contribution in [0.25, 0.3) is 0 Å². The number of aromatic amines is 1. The van der Waals surface area contributed by atoms with Crippen LogP contribution in [-0.4, -0.2) is 21.1 Å². The lowest BCUT2D eigenvalue weighted by Gasteiger charge is -2.15.